The first kappa shape index (κ1) is 11.9. The van der Waals surface area contributed by atoms with E-state index in [4.69, 9.17) is 0 Å². The average Bonchev–Trinajstić information content (AvgIpc) is 2.29. The van der Waals surface area contributed by atoms with Gasteiger partial charge in [0.25, 0.3) is 0 Å². The Labute approximate surface area is 96.1 Å². The van der Waals surface area contributed by atoms with E-state index in [9.17, 15) is 13.2 Å². The first-order valence-electron chi connectivity index (χ1n) is 5.78. The predicted octanol–water partition coefficient (Wildman–Crippen LogP) is -0.757. The van der Waals surface area contributed by atoms with Crippen molar-refractivity contribution in [2.24, 2.45) is 5.92 Å². The van der Waals surface area contributed by atoms with Crippen LogP contribution in [0.1, 0.15) is 12.8 Å². The van der Waals surface area contributed by atoms with E-state index in [1.165, 1.54) is 0 Å². The second-order valence-electron chi connectivity index (χ2n) is 4.52. The van der Waals surface area contributed by atoms with E-state index in [1.54, 1.807) is 4.90 Å². The van der Waals surface area contributed by atoms with Crippen molar-refractivity contribution in [2.45, 2.75) is 12.8 Å². The van der Waals surface area contributed by atoms with Gasteiger partial charge in [0.15, 0.2) is 9.84 Å². The Hall–Kier alpha value is -0.620. The van der Waals surface area contributed by atoms with Crippen molar-refractivity contribution >= 4 is 15.7 Å². The van der Waals surface area contributed by atoms with E-state index >= 15 is 0 Å². The molecule has 0 spiro atoms. The van der Waals surface area contributed by atoms with Gasteiger partial charge in [-0.25, -0.2) is 8.42 Å². The largest absolute Gasteiger partial charge is 0.340 e. The van der Waals surface area contributed by atoms with Crippen LogP contribution in [0.5, 0.6) is 0 Å². The molecule has 0 aromatic carbocycles. The summed E-state index contributed by atoms with van der Waals surface area (Å²) in [4.78, 5) is 13.8. The monoisotopic (exact) mass is 246 g/mol. The molecule has 0 aromatic rings. The molecule has 0 radical (unpaired) electrons. The molecule has 2 fully saturated rings. The highest BCUT2D eigenvalue weighted by molar-refractivity contribution is 7.91. The summed E-state index contributed by atoms with van der Waals surface area (Å²) in [5.74, 6) is 0.425. The average molecular weight is 246 g/mol. The van der Waals surface area contributed by atoms with E-state index in [0.29, 0.717) is 13.1 Å². The lowest BCUT2D eigenvalue weighted by Gasteiger charge is -2.32. The van der Waals surface area contributed by atoms with E-state index in [2.05, 4.69) is 5.32 Å². The molecule has 0 aliphatic carbocycles. The molecule has 2 heterocycles. The summed E-state index contributed by atoms with van der Waals surface area (Å²) >= 11 is 0. The zero-order valence-corrected chi connectivity index (χ0v) is 10.1. The van der Waals surface area contributed by atoms with E-state index < -0.39 is 9.84 Å². The predicted molar refractivity (Wildman–Crippen MR) is 60.8 cm³/mol. The molecule has 0 unspecified atom stereocenters. The Kier molecular flexibility index (Phi) is 3.49. The van der Waals surface area contributed by atoms with Crippen molar-refractivity contribution in [3.63, 3.8) is 0 Å². The standard InChI is InChI=1S/C10H18N2O3S/c13-10(9-2-1-3-11-8-9)12-4-6-16(14,15)7-5-12/h9,11H,1-8H2/t9-/m1/s1. The number of hydrogen-bond donors (Lipinski definition) is 1. The highest BCUT2D eigenvalue weighted by Gasteiger charge is 2.30. The molecule has 6 heteroatoms. The summed E-state index contributed by atoms with van der Waals surface area (Å²) in [6.45, 7) is 2.47. The lowest BCUT2D eigenvalue weighted by Crippen LogP contribution is -2.49. The minimum atomic E-state index is -2.89. The quantitative estimate of drug-likeness (QED) is 0.660. The third-order valence-electron chi connectivity index (χ3n) is 3.30. The molecule has 92 valence electrons. The molecule has 1 N–H and O–H groups in total. The summed E-state index contributed by atoms with van der Waals surface area (Å²) in [5.41, 5.74) is 0. The van der Waals surface area contributed by atoms with Crippen LogP contribution in [0.2, 0.25) is 0 Å². The molecule has 0 bridgehead atoms. The number of hydrogen-bond acceptors (Lipinski definition) is 4. The molecule has 0 aromatic heterocycles. The summed E-state index contributed by atoms with van der Waals surface area (Å²) in [6, 6.07) is 0. The van der Waals surface area contributed by atoms with Crippen LogP contribution in [0.25, 0.3) is 0 Å². The van der Waals surface area contributed by atoms with Crippen LogP contribution in [0, 0.1) is 5.92 Å². The van der Waals surface area contributed by atoms with Gasteiger partial charge < -0.3 is 10.2 Å². The van der Waals surface area contributed by atoms with Crippen LogP contribution in [0.15, 0.2) is 0 Å². The van der Waals surface area contributed by atoms with Gasteiger partial charge >= 0.3 is 0 Å². The molecule has 5 nitrogen and oxygen atoms in total. The van der Waals surface area contributed by atoms with Crippen molar-refractivity contribution in [3.05, 3.63) is 0 Å². The maximum absolute atomic E-state index is 12.1. The summed E-state index contributed by atoms with van der Waals surface area (Å²) in [6.07, 6.45) is 1.96. The Balaban J connectivity index is 1.90. The molecule has 0 saturated carbocycles. The van der Waals surface area contributed by atoms with Gasteiger partial charge in [-0.05, 0) is 19.4 Å². The highest BCUT2D eigenvalue weighted by atomic mass is 32.2. The van der Waals surface area contributed by atoms with Crippen molar-refractivity contribution in [1.29, 1.82) is 0 Å². The van der Waals surface area contributed by atoms with Gasteiger partial charge in [-0.1, -0.05) is 0 Å². The van der Waals surface area contributed by atoms with Gasteiger partial charge in [0, 0.05) is 19.6 Å². The first-order chi connectivity index (χ1) is 7.58. The maximum Gasteiger partial charge on any atom is 0.227 e. The first-order valence-corrected chi connectivity index (χ1v) is 7.60. The number of piperidine rings is 1. The van der Waals surface area contributed by atoms with Crippen molar-refractivity contribution in [2.75, 3.05) is 37.7 Å². The zero-order valence-electron chi connectivity index (χ0n) is 9.31. The fourth-order valence-electron chi connectivity index (χ4n) is 2.25. The molecule has 2 saturated heterocycles. The molecule has 2 aliphatic rings. The Morgan fingerprint density at radius 3 is 2.50 bits per heavy atom. The maximum atomic E-state index is 12.1. The highest BCUT2D eigenvalue weighted by Crippen LogP contribution is 2.15. The summed E-state index contributed by atoms with van der Waals surface area (Å²) < 4.78 is 22.5. The van der Waals surface area contributed by atoms with Crippen LogP contribution in [-0.2, 0) is 14.6 Å². The number of carbonyl (C=O) groups excluding carboxylic acids is 1. The molecule has 1 amide bonds. The van der Waals surface area contributed by atoms with Gasteiger partial charge in [0.2, 0.25) is 5.91 Å². The molecular weight excluding hydrogens is 228 g/mol. The van der Waals surface area contributed by atoms with E-state index in [0.717, 1.165) is 25.9 Å². The number of nitrogens with zero attached hydrogens (tertiary/aromatic N) is 1. The molecule has 1 atom stereocenters. The van der Waals surface area contributed by atoms with Crippen LogP contribution in [0.3, 0.4) is 0 Å². The fourth-order valence-corrected chi connectivity index (χ4v) is 3.45. The number of amides is 1. The second-order valence-corrected chi connectivity index (χ2v) is 6.82. The van der Waals surface area contributed by atoms with Gasteiger partial charge in [0.05, 0.1) is 17.4 Å². The number of nitrogens with one attached hydrogen (secondary N) is 1. The van der Waals surface area contributed by atoms with Crippen LogP contribution >= 0.6 is 0 Å². The SMILES string of the molecule is O=C([C@@H]1CCCNC1)N1CCS(=O)(=O)CC1. The minimum absolute atomic E-state index is 0.0505. The minimum Gasteiger partial charge on any atom is -0.340 e. The fraction of sp³-hybridized carbons (Fsp3) is 0.900. The van der Waals surface area contributed by atoms with E-state index in [1.807, 2.05) is 0 Å². The Morgan fingerprint density at radius 2 is 1.94 bits per heavy atom. The van der Waals surface area contributed by atoms with Crippen LogP contribution < -0.4 is 5.32 Å². The van der Waals surface area contributed by atoms with Crippen molar-refractivity contribution < 1.29 is 13.2 Å². The van der Waals surface area contributed by atoms with Gasteiger partial charge in [-0.2, -0.15) is 0 Å². The topological polar surface area (TPSA) is 66.5 Å². The van der Waals surface area contributed by atoms with Gasteiger partial charge in [0.1, 0.15) is 0 Å². The lowest BCUT2D eigenvalue weighted by molar-refractivity contribution is -0.135. The van der Waals surface area contributed by atoms with Gasteiger partial charge in [-0.3, -0.25) is 4.79 Å². The molecule has 16 heavy (non-hydrogen) atoms. The lowest BCUT2D eigenvalue weighted by atomic mass is 9.98. The van der Waals surface area contributed by atoms with Gasteiger partial charge in [-0.15, -0.1) is 0 Å². The normalized spacial score (nSPS) is 30.0. The van der Waals surface area contributed by atoms with Crippen molar-refractivity contribution in [3.8, 4) is 0 Å². The number of sulfone groups is 1. The number of carbonyl (C=O) groups is 1. The molecule has 2 aliphatic heterocycles. The third-order valence-corrected chi connectivity index (χ3v) is 4.91. The summed E-state index contributed by atoms with van der Waals surface area (Å²) in [7, 11) is -2.89. The third kappa shape index (κ3) is 2.74. The van der Waals surface area contributed by atoms with Crippen LogP contribution in [-0.4, -0.2) is 56.9 Å². The van der Waals surface area contributed by atoms with Crippen LogP contribution in [0.4, 0.5) is 0 Å². The second kappa shape index (κ2) is 4.71. The number of rotatable bonds is 1. The zero-order chi connectivity index (χ0) is 11.6. The van der Waals surface area contributed by atoms with Crippen molar-refractivity contribution in [1.82, 2.24) is 10.2 Å². The van der Waals surface area contributed by atoms with E-state index in [-0.39, 0.29) is 23.3 Å². The molecular formula is C10H18N2O3S. The Bertz CT molecular complexity index is 346. The Morgan fingerprint density at radius 1 is 1.25 bits per heavy atom. The smallest absolute Gasteiger partial charge is 0.227 e. The molecule has 2 rings (SSSR count). The summed E-state index contributed by atoms with van der Waals surface area (Å²) in [5, 5.41) is 3.21.